The standard InChI is InChI=1S/C23H26N2O2S/c1-7-9-24-21(26)20(28-22(24)27)13-17-12-18-16(4)14-23(5,6)25(10-8-2)19(18)11-15(17)3/h1,11-14H,8-10H2,2-6H3/b20-13+. The van der Waals surface area contributed by atoms with Crippen molar-refractivity contribution in [3.63, 3.8) is 0 Å². The molecule has 28 heavy (non-hydrogen) atoms. The van der Waals surface area contributed by atoms with Gasteiger partial charge in [-0.25, -0.2) is 0 Å². The van der Waals surface area contributed by atoms with Gasteiger partial charge in [-0.15, -0.1) is 6.42 Å². The van der Waals surface area contributed by atoms with Gasteiger partial charge >= 0.3 is 0 Å². The molecular weight excluding hydrogens is 368 g/mol. The van der Waals surface area contributed by atoms with Crippen LogP contribution < -0.4 is 4.90 Å². The van der Waals surface area contributed by atoms with Crippen molar-refractivity contribution in [3.8, 4) is 12.3 Å². The SMILES string of the molecule is C#CCN1C(=O)S/C(=C/c2cc3c(cc2C)N(CCC)C(C)(C)C=C3C)C1=O. The van der Waals surface area contributed by atoms with Crippen molar-refractivity contribution in [2.45, 2.75) is 46.6 Å². The van der Waals surface area contributed by atoms with E-state index in [4.69, 9.17) is 6.42 Å². The van der Waals surface area contributed by atoms with Crippen LogP contribution in [0.2, 0.25) is 0 Å². The van der Waals surface area contributed by atoms with E-state index in [-0.39, 0.29) is 23.2 Å². The number of carbonyl (C=O) groups excluding carboxylic acids is 2. The van der Waals surface area contributed by atoms with Crippen LogP contribution in [0.4, 0.5) is 10.5 Å². The number of thioether (sulfide) groups is 1. The molecule has 1 fully saturated rings. The van der Waals surface area contributed by atoms with Crippen molar-refractivity contribution in [1.82, 2.24) is 4.90 Å². The summed E-state index contributed by atoms with van der Waals surface area (Å²) in [5.41, 5.74) is 5.61. The third-order valence-corrected chi connectivity index (χ3v) is 6.13. The zero-order valence-electron chi connectivity index (χ0n) is 17.1. The number of amides is 2. The number of rotatable bonds is 4. The molecule has 146 valence electrons. The first kappa shape index (κ1) is 20.3. The molecule has 3 rings (SSSR count). The highest BCUT2D eigenvalue weighted by atomic mass is 32.2. The van der Waals surface area contributed by atoms with E-state index in [1.165, 1.54) is 16.8 Å². The van der Waals surface area contributed by atoms with Gasteiger partial charge in [0.05, 0.1) is 17.0 Å². The molecule has 4 nitrogen and oxygen atoms in total. The molecule has 0 atom stereocenters. The Morgan fingerprint density at radius 3 is 2.61 bits per heavy atom. The number of aryl methyl sites for hydroxylation is 1. The van der Waals surface area contributed by atoms with Crippen LogP contribution in [0.3, 0.4) is 0 Å². The van der Waals surface area contributed by atoms with Crippen LogP contribution in [0.1, 0.15) is 50.8 Å². The summed E-state index contributed by atoms with van der Waals surface area (Å²) in [6.45, 7) is 11.8. The molecule has 0 bridgehead atoms. The molecule has 0 saturated carbocycles. The van der Waals surface area contributed by atoms with E-state index < -0.39 is 0 Å². The lowest BCUT2D eigenvalue weighted by Gasteiger charge is -2.43. The van der Waals surface area contributed by atoms with Crippen LogP contribution in [-0.4, -0.2) is 34.7 Å². The lowest BCUT2D eigenvalue weighted by molar-refractivity contribution is -0.122. The Kier molecular flexibility index (Phi) is 5.45. The first-order valence-electron chi connectivity index (χ1n) is 9.50. The second-order valence-corrected chi connectivity index (χ2v) is 8.82. The van der Waals surface area contributed by atoms with Gasteiger partial charge in [0.1, 0.15) is 0 Å². The van der Waals surface area contributed by atoms with Gasteiger partial charge in [-0.1, -0.05) is 18.9 Å². The molecule has 2 heterocycles. The molecule has 0 N–H and O–H groups in total. The molecule has 2 amide bonds. The minimum Gasteiger partial charge on any atom is -0.362 e. The Balaban J connectivity index is 2.05. The molecule has 1 aromatic carbocycles. The average Bonchev–Trinajstić information content (AvgIpc) is 2.87. The topological polar surface area (TPSA) is 40.6 Å². The number of anilines is 1. The maximum atomic E-state index is 12.5. The maximum Gasteiger partial charge on any atom is 0.294 e. The molecule has 0 unspecified atom stereocenters. The van der Waals surface area contributed by atoms with Crippen LogP contribution in [0.25, 0.3) is 11.6 Å². The van der Waals surface area contributed by atoms with Crippen molar-refractivity contribution >= 4 is 40.2 Å². The van der Waals surface area contributed by atoms with Gasteiger partial charge in [0.2, 0.25) is 0 Å². The number of fused-ring (bicyclic) bond motifs is 1. The van der Waals surface area contributed by atoms with Crippen molar-refractivity contribution in [1.29, 1.82) is 0 Å². The summed E-state index contributed by atoms with van der Waals surface area (Å²) in [4.78, 5) is 28.5. The fraction of sp³-hybridized carbons (Fsp3) is 0.391. The minimum atomic E-state index is -0.314. The van der Waals surface area contributed by atoms with E-state index in [1.54, 1.807) is 0 Å². The number of hydrogen-bond acceptors (Lipinski definition) is 4. The molecule has 2 aliphatic rings. The zero-order chi connectivity index (χ0) is 20.6. The number of hydrogen-bond donors (Lipinski definition) is 0. The highest BCUT2D eigenvalue weighted by molar-refractivity contribution is 8.18. The van der Waals surface area contributed by atoms with E-state index >= 15 is 0 Å². The average molecular weight is 395 g/mol. The van der Waals surface area contributed by atoms with Crippen molar-refractivity contribution in [2.75, 3.05) is 18.0 Å². The summed E-state index contributed by atoms with van der Waals surface area (Å²) < 4.78 is 0. The Bertz CT molecular complexity index is 950. The molecule has 0 radical (unpaired) electrons. The van der Waals surface area contributed by atoms with E-state index in [2.05, 4.69) is 56.7 Å². The fourth-order valence-corrected chi connectivity index (χ4v) is 4.73. The summed E-state index contributed by atoms with van der Waals surface area (Å²) in [6, 6.07) is 4.32. The highest BCUT2D eigenvalue weighted by Gasteiger charge is 2.35. The van der Waals surface area contributed by atoms with E-state index in [1.807, 2.05) is 13.0 Å². The Labute approximate surface area is 171 Å². The van der Waals surface area contributed by atoms with Gasteiger partial charge in [0.15, 0.2) is 0 Å². The van der Waals surface area contributed by atoms with Gasteiger partial charge in [-0.3, -0.25) is 14.5 Å². The third-order valence-electron chi connectivity index (χ3n) is 5.22. The van der Waals surface area contributed by atoms with Crippen molar-refractivity contribution in [3.05, 3.63) is 39.8 Å². The smallest absolute Gasteiger partial charge is 0.294 e. The third kappa shape index (κ3) is 3.49. The number of nitrogens with zero attached hydrogens (tertiary/aromatic N) is 2. The lowest BCUT2D eigenvalue weighted by Crippen LogP contribution is -2.45. The summed E-state index contributed by atoms with van der Waals surface area (Å²) >= 11 is 0.950. The van der Waals surface area contributed by atoms with Gasteiger partial charge in [0.25, 0.3) is 11.1 Å². The van der Waals surface area contributed by atoms with E-state index in [9.17, 15) is 9.59 Å². The maximum absolute atomic E-state index is 12.5. The molecule has 0 aliphatic carbocycles. The fourth-order valence-electron chi connectivity index (χ4n) is 3.90. The second kappa shape index (κ2) is 7.52. The molecule has 5 heteroatoms. The number of terminal acetylenes is 1. The highest BCUT2D eigenvalue weighted by Crippen LogP contribution is 2.41. The van der Waals surface area contributed by atoms with Gasteiger partial charge < -0.3 is 4.90 Å². The van der Waals surface area contributed by atoms with Crippen LogP contribution in [0.15, 0.2) is 23.1 Å². The molecule has 0 spiro atoms. The quantitative estimate of drug-likeness (QED) is 0.528. The zero-order valence-corrected chi connectivity index (χ0v) is 17.9. The molecule has 1 aromatic rings. The van der Waals surface area contributed by atoms with Crippen LogP contribution in [-0.2, 0) is 4.79 Å². The lowest BCUT2D eigenvalue weighted by atomic mass is 9.86. The monoisotopic (exact) mass is 394 g/mol. The van der Waals surface area contributed by atoms with Gasteiger partial charge in [-0.05, 0) is 80.8 Å². The van der Waals surface area contributed by atoms with E-state index in [0.29, 0.717) is 4.91 Å². The predicted octanol–water partition coefficient (Wildman–Crippen LogP) is 5.08. The second-order valence-electron chi connectivity index (χ2n) is 7.83. The molecular formula is C23H26N2O2S. The van der Waals surface area contributed by atoms with Crippen LogP contribution in [0.5, 0.6) is 0 Å². The number of imide groups is 1. The Morgan fingerprint density at radius 2 is 1.96 bits per heavy atom. The predicted molar refractivity (Wildman–Crippen MR) is 118 cm³/mol. The number of benzene rings is 1. The van der Waals surface area contributed by atoms with Crippen molar-refractivity contribution in [2.24, 2.45) is 0 Å². The summed E-state index contributed by atoms with van der Waals surface area (Å²) in [7, 11) is 0. The minimum absolute atomic E-state index is 0.00802. The first-order valence-corrected chi connectivity index (χ1v) is 10.3. The Morgan fingerprint density at radius 1 is 1.25 bits per heavy atom. The number of carbonyl (C=O) groups is 2. The summed E-state index contributed by atoms with van der Waals surface area (Å²) in [5.74, 6) is 2.05. The molecule has 1 saturated heterocycles. The first-order chi connectivity index (χ1) is 13.2. The molecule has 2 aliphatic heterocycles. The van der Waals surface area contributed by atoms with Crippen LogP contribution in [0, 0.1) is 19.3 Å². The largest absolute Gasteiger partial charge is 0.362 e. The molecule has 0 aromatic heterocycles. The van der Waals surface area contributed by atoms with Crippen LogP contribution >= 0.6 is 11.8 Å². The normalized spacial score (nSPS) is 19.7. The Hall–Kier alpha value is -2.45. The summed E-state index contributed by atoms with van der Waals surface area (Å²) in [6.07, 6.45) is 10.4. The number of allylic oxidation sites excluding steroid dienone is 1. The van der Waals surface area contributed by atoms with Gasteiger partial charge in [0, 0.05) is 17.8 Å². The van der Waals surface area contributed by atoms with Gasteiger partial charge in [-0.2, -0.15) is 0 Å². The summed E-state index contributed by atoms with van der Waals surface area (Å²) in [5, 5.41) is -0.309. The van der Waals surface area contributed by atoms with E-state index in [0.717, 1.165) is 40.8 Å². The van der Waals surface area contributed by atoms with Crippen molar-refractivity contribution < 1.29 is 9.59 Å².